The summed E-state index contributed by atoms with van der Waals surface area (Å²) >= 11 is 6.23. The van der Waals surface area contributed by atoms with E-state index in [0.29, 0.717) is 11.6 Å². The van der Waals surface area contributed by atoms with E-state index < -0.39 is 6.04 Å². The first-order valence-electron chi connectivity index (χ1n) is 9.47. The largest absolute Gasteiger partial charge is 0.350 e. The molecule has 1 unspecified atom stereocenters. The molecule has 0 spiro atoms. The molecule has 1 atom stereocenters. The van der Waals surface area contributed by atoms with Crippen LogP contribution in [0.2, 0.25) is 5.02 Å². The normalized spacial score (nSPS) is 12.4. The molecule has 1 N–H and O–H groups in total. The minimum atomic E-state index is -0.602. The Labute approximate surface area is 172 Å². The van der Waals surface area contributed by atoms with Gasteiger partial charge in [0.05, 0.1) is 6.42 Å². The third-order valence-corrected chi connectivity index (χ3v) is 4.77. The van der Waals surface area contributed by atoms with Crippen molar-refractivity contribution in [2.75, 3.05) is 0 Å². The Morgan fingerprint density at radius 1 is 1.11 bits per heavy atom. The molecule has 0 aromatic heterocycles. The number of benzene rings is 2. The van der Waals surface area contributed by atoms with Crippen molar-refractivity contribution in [3.8, 4) is 0 Å². The van der Waals surface area contributed by atoms with E-state index in [2.05, 4.69) is 5.32 Å². The van der Waals surface area contributed by atoms with E-state index >= 15 is 0 Å². The molecular formula is C23H29ClN2O2. The number of nitrogens with one attached hydrogen (secondary N) is 1. The number of amides is 2. The van der Waals surface area contributed by atoms with Gasteiger partial charge in [0.25, 0.3) is 0 Å². The van der Waals surface area contributed by atoms with Gasteiger partial charge < -0.3 is 10.2 Å². The average molecular weight is 401 g/mol. The highest BCUT2D eigenvalue weighted by Crippen LogP contribution is 2.19. The maximum absolute atomic E-state index is 13.2. The van der Waals surface area contributed by atoms with Crippen LogP contribution in [0.4, 0.5) is 0 Å². The summed E-state index contributed by atoms with van der Waals surface area (Å²) in [5.74, 6) is -0.307. The third kappa shape index (κ3) is 6.38. The molecule has 0 saturated heterocycles. The van der Waals surface area contributed by atoms with Crippen LogP contribution in [0.5, 0.6) is 0 Å². The maximum atomic E-state index is 13.2. The van der Waals surface area contributed by atoms with E-state index in [9.17, 15) is 9.59 Å². The summed E-state index contributed by atoms with van der Waals surface area (Å²) in [6.07, 6.45) is 0.151. The van der Waals surface area contributed by atoms with E-state index in [1.165, 1.54) is 0 Å². The van der Waals surface area contributed by atoms with Crippen LogP contribution in [0, 0.1) is 6.92 Å². The first-order chi connectivity index (χ1) is 13.1. The number of hydrogen-bond donors (Lipinski definition) is 1. The lowest BCUT2D eigenvalue weighted by Crippen LogP contribution is -2.52. The van der Waals surface area contributed by atoms with Gasteiger partial charge in [0.15, 0.2) is 0 Å². The second kappa shape index (κ2) is 9.24. The lowest BCUT2D eigenvalue weighted by molar-refractivity contribution is -0.140. The van der Waals surface area contributed by atoms with Gasteiger partial charge in [-0.05, 0) is 51.8 Å². The van der Waals surface area contributed by atoms with Gasteiger partial charge in [-0.3, -0.25) is 9.59 Å². The first kappa shape index (κ1) is 22.0. The van der Waals surface area contributed by atoms with Crippen molar-refractivity contribution in [1.82, 2.24) is 10.2 Å². The van der Waals surface area contributed by atoms with Gasteiger partial charge in [0.1, 0.15) is 6.04 Å². The summed E-state index contributed by atoms with van der Waals surface area (Å²) in [5.41, 5.74) is 2.49. The van der Waals surface area contributed by atoms with Crippen molar-refractivity contribution in [2.45, 2.75) is 59.2 Å². The standard InChI is InChI=1S/C23H29ClN2O2/c1-16-9-8-10-18(13-16)15-26(17(2)22(28)25-23(3,4)5)21(27)14-19-11-6-7-12-20(19)24/h6-13,17H,14-15H2,1-5H3,(H,25,28). The summed E-state index contributed by atoms with van der Waals surface area (Å²) in [4.78, 5) is 27.5. The highest BCUT2D eigenvalue weighted by molar-refractivity contribution is 6.31. The SMILES string of the molecule is Cc1cccc(CN(C(=O)Cc2ccccc2Cl)C(C)C(=O)NC(C)(C)C)c1. The zero-order valence-corrected chi connectivity index (χ0v) is 18.0. The molecule has 0 saturated carbocycles. The molecule has 2 aromatic rings. The van der Waals surface area contributed by atoms with Crippen LogP contribution < -0.4 is 5.32 Å². The number of nitrogens with zero attached hydrogens (tertiary/aromatic N) is 1. The molecule has 0 heterocycles. The van der Waals surface area contributed by atoms with Crippen molar-refractivity contribution in [2.24, 2.45) is 0 Å². The van der Waals surface area contributed by atoms with E-state index in [1.54, 1.807) is 17.9 Å². The zero-order valence-electron chi connectivity index (χ0n) is 17.3. The molecular weight excluding hydrogens is 372 g/mol. The quantitative estimate of drug-likeness (QED) is 0.774. The van der Waals surface area contributed by atoms with Gasteiger partial charge in [0.2, 0.25) is 11.8 Å². The Morgan fingerprint density at radius 3 is 2.39 bits per heavy atom. The lowest BCUT2D eigenvalue weighted by Gasteiger charge is -2.31. The minimum Gasteiger partial charge on any atom is -0.350 e. The van der Waals surface area contributed by atoms with Crippen LogP contribution in [0.25, 0.3) is 0 Å². The minimum absolute atomic E-state index is 0.133. The molecule has 0 aliphatic heterocycles. The molecule has 5 heteroatoms. The van der Waals surface area contributed by atoms with E-state index in [0.717, 1.165) is 16.7 Å². The molecule has 0 aliphatic carbocycles. The van der Waals surface area contributed by atoms with Gasteiger partial charge >= 0.3 is 0 Å². The Bertz CT molecular complexity index is 842. The number of aryl methyl sites for hydroxylation is 1. The van der Waals surface area contributed by atoms with Gasteiger partial charge in [-0.2, -0.15) is 0 Å². The van der Waals surface area contributed by atoms with Crippen LogP contribution in [0.15, 0.2) is 48.5 Å². The van der Waals surface area contributed by atoms with Gasteiger partial charge in [-0.25, -0.2) is 0 Å². The zero-order chi connectivity index (χ0) is 20.9. The lowest BCUT2D eigenvalue weighted by atomic mass is 10.1. The monoisotopic (exact) mass is 400 g/mol. The second-order valence-electron chi connectivity index (χ2n) is 8.19. The summed E-state index contributed by atoms with van der Waals surface area (Å²) in [7, 11) is 0. The number of hydrogen-bond acceptors (Lipinski definition) is 2. The molecule has 0 radical (unpaired) electrons. The fourth-order valence-electron chi connectivity index (χ4n) is 2.97. The number of carbonyl (C=O) groups excluding carboxylic acids is 2. The van der Waals surface area contributed by atoms with Crippen molar-refractivity contribution < 1.29 is 9.59 Å². The average Bonchev–Trinajstić information content (AvgIpc) is 2.59. The predicted molar refractivity (Wildman–Crippen MR) is 114 cm³/mol. The Balaban J connectivity index is 2.27. The third-order valence-electron chi connectivity index (χ3n) is 4.40. The highest BCUT2D eigenvalue weighted by atomic mass is 35.5. The van der Waals surface area contributed by atoms with Gasteiger partial charge in [-0.1, -0.05) is 59.6 Å². The molecule has 2 rings (SSSR count). The van der Waals surface area contributed by atoms with Gasteiger partial charge in [-0.15, -0.1) is 0 Å². The Morgan fingerprint density at radius 2 is 1.79 bits per heavy atom. The fourth-order valence-corrected chi connectivity index (χ4v) is 3.17. The molecule has 2 amide bonds. The number of carbonyl (C=O) groups is 2. The summed E-state index contributed by atoms with van der Waals surface area (Å²) < 4.78 is 0. The van der Waals surface area contributed by atoms with Crippen LogP contribution >= 0.6 is 11.6 Å². The van der Waals surface area contributed by atoms with Gasteiger partial charge in [0, 0.05) is 17.1 Å². The van der Waals surface area contributed by atoms with Crippen LogP contribution in [0.1, 0.15) is 44.4 Å². The smallest absolute Gasteiger partial charge is 0.242 e. The molecule has 150 valence electrons. The molecule has 28 heavy (non-hydrogen) atoms. The highest BCUT2D eigenvalue weighted by Gasteiger charge is 2.28. The van der Waals surface area contributed by atoms with E-state index in [4.69, 9.17) is 11.6 Å². The molecule has 4 nitrogen and oxygen atoms in total. The fraction of sp³-hybridized carbons (Fsp3) is 0.391. The first-order valence-corrected chi connectivity index (χ1v) is 9.85. The van der Waals surface area contributed by atoms with Crippen LogP contribution in [-0.4, -0.2) is 28.3 Å². The van der Waals surface area contributed by atoms with E-state index in [-0.39, 0.29) is 23.8 Å². The van der Waals surface area contributed by atoms with Crippen LogP contribution in [-0.2, 0) is 22.6 Å². The van der Waals surface area contributed by atoms with Crippen molar-refractivity contribution in [3.05, 3.63) is 70.2 Å². The predicted octanol–water partition coefficient (Wildman–Crippen LogP) is 4.52. The number of halogens is 1. The summed E-state index contributed by atoms with van der Waals surface area (Å²) in [6.45, 7) is 9.91. The molecule has 2 aromatic carbocycles. The van der Waals surface area contributed by atoms with E-state index in [1.807, 2.05) is 70.2 Å². The molecule has 0 aliphatic rings. The Kier molecular flexibility index (Phi) is 7.25. The second-order valence-corrected chi connectivity index (χ2v) is 8.60. The Hall–Kier alpha value is -2.33. The summed E-state index contributed by atoms with van der Waals surface area (Å²) in [6, 6.07) is 14.7. The van der Waals surface area contributed by atoms with Crippen LogP contribution in [0.3, 0.4) is 0 Å². The summed E-state index contributed by atoms with van der Waals surface area (Å²) in [5, 5.41) is 3.52. The molecule has 0 fully saturated rings. The topological polar surface area (TPSA) is 49.4 Å². The number of rotatable bonds is 6. The van der Waals surface area contributed by atoms with Crippen molar-refractivity contribution in [1.29, 1.82) is 0 Å². The van der Waals surface area contributed by atoms with Crippen molar-refractivity contribution >= 4 is 23.4 Å². The molecule has 0 bridgehead atoms. The maximum Gasteiger partial charge on any atom is 0.242 e. The van der Waals surface area contributed by atoms with Crippen molar-refractivity contribution in [3.63, 3.8) is 0 Å².